The molecule has 0 aliphatic rings. The van der Waals surface area contributed by atoms with E-state index < -0.39 is 11.0 Å². The topological polar surface area (TPSA) is 29.5 Å². The lowest BCUT2D eigenvalue weighted by Crippen LogP contribution is -2.25. The van der Waals surface area contributed by atoms with Crippen LogP contribution in [0.4, 0.5) is 0 Å². The monoisotopic (exact) mass is 277 g/mol. The fraction of sp³-hybridized carbons (Fsp3) is 0.333. The maximum Gasteiger partial charge on any atom is 0.137 e. The molecule has 0 heterocycles. The summed E-state index contributed by atoms with van der Waals surface area (Å²) in [6.07, 6.45) is 0. The first-order valence-corrected chi connectivity index (χ1v) is 7.56. The van der Waals surface area contributed by atoms with Gasteiger partial charge in [0.05, 0.1) is 7.11 Å². The van der Waals surface area contributed by atoms with Gasteiger partial charge in [-0.05, 0) is 11.5 Å². The Morgan fingerprint density at radius 3 is 2.42 bits per heavy atom. The van der Waals surface area contributed by atoms with Crippen LogP contribution < -0.4 is 4.74 Å². The fourth-order valence-electron chi connectivity index (χ4n) is 2.15. The quantitative estimate of drug-likeness (QED) is 0.840. The van der Waals surface area contributed by atoms with Crippen molar-refractivity contribution in [3.05, 3.63) is 36.4 Å². The van der Waals surface area contributed by atoms with Crippen molar-refractivity contribution in [3.63, 3.8) is 0 Å². The summed E-state index contributed by atoms with van der Waals surface area (Å²) in [5.41, 5.74) is 0. The molecule has 0 spiro atoms. The zero-order valence-corrected chi connectivity index (χ0v) is 12.4. The lowest BCUT2D eigenvalue weighted by atomic mass is 10.1. The van der Waals surface area contributed by atoms with Crippen molar-refractivity contribution in [3.8, 4) is 5.75 Å². The Morgan fingerprint density at radius 2 is 1.79 bits per heavy atom. The Hall–Kier alpha value is -1.39. The fourth-order valence-corrected chi connectivity index (χ4v) is 3.58. The molecule has 0 unspecified atom stereocenters. The Morgan fingerprint density at radius 1 is 1.11 bits per heavy atom. The highest BCUT2D eigenvalue weighted by Gasteiger charge is 2.19. The van der Waals surface area contributed by atoms with Crippen LogP contribution in [0.3, 0.4) is 0 Å². The van der Waals surface area contributed by atoms with Crippen molar-refractivity contribution < 1.29 is 8.95 Å². The second-order valence-corrected chi connectivity index (χ2v) is 5.60. The van der Waals surface area contributed by atoms with E-state index in [0.717, 1.165) is 28.8 Å². The van der Waals surface area contributed by atoms with Gasteiger partial charge in [-0.1, -0.05) is 44.2 Å². The molecule has 1 atom stereocenters. The minimum absolute atomic E-state index is 0.684. The van der Waals surface area contributed by atoms with Gasteiger partial charge in [-0.3, -0.25) is 0 Å². The minimum atomic E-state index is -1.20. The summed E-state index contributed by atoms with van der Waals surface area (Å²) in [5.74, 6) is 0.684. The predicted octanol–water partition coefficient (Wildman–Crippen LogP) is 3.21. The van der Waals surface area contributed by atoms with Gasteiger partial charge in [0.1, 0.15) is 21.6 Å². The molecule has 2 rings (SSSR count). The summed E-state index contributed by atoms with van der Waals surface area (Å²) in [4.78, 5) is 0.768. The van der Waals surface area contributed by atoms with Crippen LogP contribution in [0.5, 0.6) is 5.75 Å². The summed E-state index contributed by atoms with van der Waals surface area (Å²) in [6.45, 7) is 5.52. The van der Waals surface area contributed by atoms with Crippen LogP contribution >= 0.6 is 0 Å². The summed E-state index contributed by atoms with van der Waals surface area (Å²) in [6, 6.07) is 11.9. The number of rotatable bonds is 5. The summed E-state index contributed by atoms with van der Waals surface area (Å²) >= 11 is 0. The largest absolute Gasteiger partial charge is 0.495 e. The maximum absolute atomic E-state index is 12.8. The molecular weight excluding hydrogens is 258 g/mol. The van der Waals surface area contributed by atoms with E-state index in [9.17, 15) is 4.21 Å². The number of methoxy groups -OCH3 is 1. The molecule has 0 aliphatic carbocycles. The molecule has 0 saturated heterocycles. The average Bonchev–Trinajstić information content (AvgIpc) is 2.47. The second kappa shape index (κ2) is 6.17. The normalized spacial score (nSPS) is 12.8. The zero-order chi connectivity index (χ0) is 13.8. The zero-order valence-electron chi connectivity index (χ0n) is 11.6. The van der Waals surface area contributed by atoms with Gasteiger partial charge >= 0.3 is 0 Å². The van der Waals surface area contributed by atoms with Crippen LogP contribution in [0.1, 0.15) is 13.8 Å². The first kappa shape index (κ1) is 14.0. The van der Waals surface area contributed by atoms with Crippen LogP contribution in [0.25, 0.3) is 10.8 Å². The van der Waals surface area contributed by atoms with E-state index in [1.807, 2.05) is 54.6 Å². The van der Waals surface area contributed by atoms with E-state index >= 15 is 0 Å². The van der Waals surface area contributed by atoms with Gasteiger partial charge in [0.2, 0.25) is 0 Å². The van der Waals surface area contributed by atoms with E-state index in [-0.39, 0.29) is 0 Å². The molecule has 0 aromatic heterocycles. The molecule has 3 nitrogen and oxygen atoms in total. The third kappa shape index (κ3) is 2.65. The first-order chi connectivity index (χ1) is 9.22. The lowest BCUT2D eigenvalue weighted by molar-refractivity contribution is 0.402. The van der Waals surface area contributed by atoms with Crippen molar-refractivity contribution in [1.29, 1.82) is 0 Å². The molecule has 0 fully saturated rings. The Kier molecular flexibility index (Phi) is 4.56. The maximum atomic E-state index is 12.8. The summed E-state index contributed by atoms with van der Waals surface area (Å²) < 4.78 is 20.1. The van der Waals surface area contributed by atoms with Gasteiger partial charge in [0.15, 0.2) is 0 Å². The smallest absolute Gasteiger partial charge is 0.137 e. The van der Waals surface area contributed by atoms with Gasteiger partial charge in [0.25, 0.3) is 0 Å². The minimum Gasteiger partial charge on any atom is -0.495 e. The number of hydrogen-bond acceptors (Lipinski definition) is 2. The molecule has 4 heteroatoms. The van der Waals surface area contributed by atoms with Crippen LogP contribution in [-0.4, -0.2) is 28.7 Å². The van der Waals surface area contributed by atoms with E-state index in [1.54, 1.807) is 7.11 Å². The number of ether oxygens (including phenoxy) is 1. The van der Waals surface area contributed by atoms with Crippen molar-refractivity contribution in [2.24, 2.45) is 0 Å². The molecule has 19 heavy (non-hydrogen) atoms. The molecule has 0 radical (unpaired) electrons. The molecule has 0 saturated carbocycles. The molecule has 0 bridgehead atoms. The molecule has 2 aromatic rings. The number of fused-ring (bicyclic) bond motifs is 1. The van der Waals surface area contributed by atoms with E-state index in [1.165, 1.54) is 0 Å². The van der Waals surface area contributed by atoms with Crippen molar-refractivity contribution in [1.82, 2.24) is 4.31 Å². The highest BCUT2D eigenvalue weighted by molar-refractivity contribution is 7.83. The van der Waals surface area contributed by atoms with Gasteiger partial charge in [-0.15, -0.1) is 0 Å². The summed E-state index contributed by atoms with van der Waals surface area (Å²) in [5, 5.41) is 2.07. The van der Waals surface area contributed by atoms with E-state index in [2.05, 4.69) is 0 Å². The van der Waals surface area contributed by atoms with Crippen molar-refractivity contribution in [2.45, 2.75) is 18.7 Å². The third-order valence-corrected chi connectivity index (χ3v) is 4.93. The van der Waals surface area contributed by atoms with Gasteiger partial charge < -0.3 is 4.74 Å². The molecule has 0 amide bonds. The highest BCUT2D eigenvalue weighted by Crippen LogP contribution is 2.32. The second-order valence-electron chi connectivity index (χ2n) is 4.18. The summed E-state index contributed by atoms with van der Waals surface area (Å²) in [7, 11) is 0.419. The molecule has 0 N–H and O–H groups in total. The van der Waals surface area contributed by atoms with Crippen molar-refractivity contribution in [2.75, 3.05) is 20.2 Å². The number of nitrogens with zero attached hydrogens (tertiary/aromatic N) is 1. The average molecular weight is 277 g/mol. The van der Waals surface area contributed by atoms with Crippen LogP contribution in [-0.2, 0) is 11.0 Å². The van der Waals surface area contributed by atoms with Gasteiger partial charge in [-0.2, -0.15) is 0 Å². The molecule has 2 aromatic carbocycles. The SMILES string of the molecule is CCN(CC)[S@@](=O)c1c(OC)ccc2ccccc12. The Balaban J connectivity index is 2.65. The highest BCUT2D eigenvalue weighted by atomic mass is 32.2. The van der Waals surface area contributed by atoms with Crippen LogP contribution in [0.15, 0.2) is 41.3 Å². The van der Waals surface area contributed by atoms with Gasteiger partial charge in [-0.25, -0.2) is 8.51 Å². The number of hydrogen-bond donors (Lipinski definition) is 0. The molecule has 0 aliphatic heterocycles. The van der Waals surface area contributed by atoms with Crippen LogP contribution in [0, 0.1) is 0 Å². The van der Waals surface area contributed by atoms with Gasteiger partial charge in [0, 0.05) is 18.5 Å². The predicted molar refractivity (Wildman–Crippen MR) is 79.8 cm³/mol. The third-order valence-electron chi connectivity index (χ3n) is 3.18. The lowest BCUT2D eigenvalue weighted by Gasteiger charge is -2.20. The standard InChI is InChI=1S/C15H19NO2S/c1-4-16(5-2)19(17)15-13-9-7-6-8-12(13)10-11-14(15)18-3/h6-11H,4-5H2,1-3H3/t19-/m0/s1. The van der Waals surface area contributed by atoms with Crippen molar-refractivity contribution >= 4 is 21.8 Å². The molecular formula is C15H19NO2S. The van der Waals surface area contributed by atoms with Crippen LogP contribution in [0.2, 0.25) is 0 Å². The van der Waals surface area contributed by atoms with E-state index in [0.29, 0.717) is 5.75 Å². The number of benzene rings is 2. The Bertz CT molecular complexity index is 594. The Labute approximate surface area is 116 Å². The van der Waals surface area contributed by atoms with E-state index in [4.69, 9.17) is 4.74 Å². The first-order valence-electron chi connectivity index (χ1n) is 6.45. The molecule has 102 valence electrons.